The average Bonchev–Trinajstić information content (AvgIpc) is 3.35. The fourth-order valence-electron chi connectivity index (χ4n) is 4.11. The number of aliphatic hydroxyl groups excluding tert-OH is 1. The number of sulfonamides is 1. The maximum Gasteiger partial charge on any atom is 0.256 e. The van der Waals surface area contributed by atoms with Crippen LogP contribution in [0.2, 0.25) is 0 Å². The number of aliphatic hydroxyl groups is 1. The molecular weight excluding hydrogens is 488 g/mol. The molecule has 35 heavy (non-hydrogen) atoms. The van der Waals surface area contributed by atoms with Crippen LogP contribution in [0.25, 0.3) is 0 Å². The van der Waals surface area contributed by atoms with Crippen LogP contribution in [0.15, 0.2) is 64.9 Å². The van der Waals surface area contributed by atoms with E-state index in [1.54, 1.807) is 62.4 Å². The number of hydrogen-bond acceptors (Lipinski definition) is 7. The van der Waals surface area contributed by atoms with E-state index in [4.69, 9.17) is 0 Å². The molecule has 0 aliphatic carbocycles. The third kappa shape index (κ3) is 4.83. The van der Waals surface area contributed by atoms with Crippen molar-refractivity contribution >= 4 is 43.8 Å². The van der Waals surface area contributed by atoms with Gasteiger partial charge in [0.15, 0.2) is 11.6 Å². The lowest BCUT2D eigenvalue weighted by molar-refractivity contribution is -0.126. The fraction of sp³-hybridized carbons (Fsp3) is 0.240. The summed E-state index contributed by atoms with van der Waals surface area (Å²) in [5, 5.41) is 12.3. The number of rotatable bonds is 8. The molecule has 0 bridgehead atoms. The molecule has 2 aromatic carbocycles. The second-order valence-electron chi connectivity index (χ2n) is 8.52. The van der Waals surface area contributed by atoms with Gasteiger partial charge in [-0.1, -0.05) is 56.3 Å². The number of fused-ring (bicyclic) bond motifs is 1. The Morgan fingerprint density at radius 3 is 2.29 bits per heavy atom. The zero-order valence-electron chi connectivity index (χ0n) is 19.1. The number of thiophene rings is 1. The fourth-order valence-corrected chi connectivity index (χ4v) is 7.52. The molecule has 2 heterocycles. The molecule has 0 saturated heterocycles. The second-order valence-corrected chi connectivity index (χ2v) is 11.7. The molecule has 0 unspecified atom stereocenters. The van der Waals surface area contributed by atoms with Crippen molar-refractivity contribution in [3.05, 3.63) is 82.9 Å². The van der Waals surface area contributed by atoms with Gasteiger partial charge in [-0.25, -0.2) is 8.42 Å². The second kappa shape index (κ2) is 9.82. The highest BCUT2D eigenvalue weighted by molar-refractivity contribution is 7.91. The van der Waals surface area contributed by atoms with Crippen LogP contribution >= 0.6 is 11.3 Å². The largest absolute Gasteiger partial charge is 0.389 e. The highest BCUT2D eigenvalue weighted by Gasteiger charge is 2.44. The molecule has 10 heteroatoms. The van der Waals surface area contributed by atoms with E-state index >= 15 is 0 Å². The predicted molar refractivity (Wildman–Crippen MR) is 132 cm³/mol. The first kappa shape index (κ1) is 24.9. The summed E-state index contributed by atoms with van der Waals surface area (Å²) < 4.78 is 27.4. The Morgan fingerprint density at radius 2 is 1.66 bits per heavy atom. The van der Waals surface area contributed by atoms with Crippen LogP contribution in [0.1, 0.15) is 45.7 Å². The first-order chi connectivity index (χ1) is 16.6. The quantitative estimate of drug-likeness (QED) is 0.447. The third-order valence-electron chi connectivity index (χ3n) is 5.73. The maximum atomic E-state index is 13.1. The van der Waals surface area contributed by atoms with Gasteiger partial charge in [0.25, 0.3) is 15.9 Å². The highest BCUT2D eigenvalue weighted by atomic mass is 32.2. The third-order valence-corrected chi connectivity index (χ3v) is 9.20. The molecule has 1 aliphatic rings. The van der Waals surface area contributed by atoms with Gasteiger partial charge in [-0.15, -0.1) is 11.3 Å². The number of Topliss-reactive ketones (excluding diaryl/α,β-unsaturated/α-hetero) is 1. The lowest BCUT2D eigenvalue weighted by Crippen LogP contribution is -2.46. The topological polar surface area (TPSA) is 121 Å². The summed E-state index contributed by atoms with van der Waals surface area (Å²) >= 11 is 0.909. The standard InChI is InChI=1S/C25H24N2O6S2/c1-15(2)22(20(29)14-28)27-13-19-12-21(34-25(19)35(27,32)33)26-24(31)18-10-6-9-17(11-18)23(30)16-7-4-3-5-8-16/h3-12,15,22,28H,13-14H2,1-2H3,(H,26,31)/t22-/m1/s1. The van der Waals surface area contributed by atoms with E-state index in [-0.39, 0.29) is 28.0 Å². The number of ketones is 2. The number of carbonyl (C=O) groups excluding carboxylic acids is 3. The number of hydrogen-bond donors (Lipinski definition) is 2. The molecule has 4 rings (SSSR count). The van der Waals surface area contributed by atoms with Crippen molar-refractivity contribution in [3.8, 4) is 0 Å². The van der Waals surface area contributed by atoms with Crippen molar-refractivity contribution in [2.24, 2.45) is 5.92 Å². The van der Waals surface area contributed by atoms with Crippen LogP contribution < -0.4 is 5.32 Å². The molecule has 3 aromatic rings. The van der Waals surface area contributed by atoms with Gasteiger partial charge in [-0.05, 0) is 24.1 Å². The number of amides is 1. The minimum Gasteiger partial charge on any atom is -0.389 e. The zero-order valence-corrected chi connectivity index (χ0v) is 20.7. The Labute approximate surface area is 207 Å². The Kier molecular flexibility index (Phi) is 7.00. The molecule has 8 nitrogen and oxygen atoms in total. The lowest BCUT2D eigenvalue weighted by atomic mass is 10.00. The van der Waals surface area contributed by atoms with E-state index in [0.29, 0.717) is 21.7 Å². The van der Waals surface area contributed by atoms with E-state index in [1.807, 2.05) is 6.07 Å². The number of anilines is 1. The number of carbonyl (C=O) groups is 3. The predicted octanol–water partition coefficient (Wildman–Crippen LogP) is 3.32. The normalized spacial score (nSPS) is 15.5. The van der Waals surface area contributed by atoms with Gasteiger partial charge in [-0.3, -0.25) is 14.4 Å². The van der Waals surface area contributed by atoms with Crippen molar-refractivity contribution in [2.45, 2.75) is 30.6 Å². The first-order valence-electron chi connectivity index (χ1n) is 10.9. The molecule has 2 N–H and O–H groups in total. The minimum atomic E-state index is -3.95. The zero-order chi connectivity index (χ0) is 25.3. The summed E-state index contributed by atoms with van der Waals surface area (Å²) in [7, 11) is -3.95. The van der Waals surface area contributed by atoms with Crippen molar-refractivity contribution in [2.75, 3.05) is 11.9 Å². The lowest BCUT2D eigenvalue weighted by Gasteiger charge is -2.27. The number of benzene rings is 2. The van der Waals surface area contributed by atoms with Gasteiger partial charge in [0, 0.05) is 28.8 Å². The maximum absolute atomic E-state index is 13.1. The van der Waals surface area contributed by atoms with Crippen molar-refractivity contribution in [3.63, 3.8) is 0 Å². The summed E-state index contributed by atoms with van der Waals surface area (Å²) in [6, 6.07) is 15.7. The minimum absolute atomic E-state index is 0.0142. The van der Waals surface area contributed by atoms with Gasteiger partial charge in [0.1, 0.15) is 10.8 Å². The Bertz CT molecular complexity index is 1400. The highest BCUT2D eigenvalue weighted by Crippen LogP contribution is 2.41. The molecule has 1 aliphatic heterocycles. The molecule has 1 amide bonds. The first-order valence-corrected chi connectivity index (χ1v) is 13.2. The van der Waals surface area contributed by atoms with Crippen LogP contribution in [0.3, 0.4) is 0 Å². The molecule has 1 atom stereocenters. The van der Waals surface area contributed by atoms with Crippen LogP contribution in [-0.4, -0.2) is 48.0 Å². The van der Waals surface area contributed by atoms with E-state index in [9.17, 15) is 27.9 Å². The van der Waals surface area contributed by atoms with Gasteiger partial charge in [0.05, 0.1) is 11.0 Å². The molecule has 182 valence electrons. The summed E-state index contributed by atoms with van der Waals surface area (Å²) in [5.41, 5.74) is 1.62. The van der Waals surface area contributed by atoms with Gasteiger partial charge >= 0.3 is 0 Å². The average molecular weight is 513 g/mol. The summed E-state index contributed by atoms with van der Waals surface area (Å²) in [6.07, 6.45) is 0. The van der Waals surface area contributed by atoms with E-state index < -0.39 is 34.4 Å². The summed E-state index contributed by atoms with van der Waals surface area (Å²) in [6.45, 7) is 2.69. The Morgan fingerprint density at radius 1 is 1.00 bits per heavy atom. The molecular formula is C25H24N2O6S2. The monoisotopic (exact) mass is 512 g/mol. The molecule has 0 fully saturated rings. The van der Waals surface area contributed by atoms with Gasteiger partial charge in [-0.2, -0.15) is 4.31 Å². The van der Waals surface area contributed by atoms with Crippen LogP contribution in [0, 0.1) is 5.92 Å². The van der Waals surface area contributed by atoms with E-state index in [1.165, 1.54) is 6.07 Å². The van der Waals surface area contributed by atoms with Crippen LogP contribution in [0.5, 0.6) is 0 Å². The van der Waals surface area contributed by atoms with Crippen molar-refractivity contribution in [1.82, 2.24) is 4.31 Å². The molecule has 0 spiro atoms. The smallest absolute Gasteiger partial charge is 0.256 e. The molecule has 0 saturated carbocycles. The van der Waals surface area contributed by atoms with Crippen LogP contribution in [-0.2, 0) is 21.4 Å². The number of nitrogens with zero attached hydrogens (tertiary/aromatic N) is 1. The summed E-state index contributed by atoms with van der Waals surface area (Å²) in [4.78, 5) is 37.8. The van der Waals surface area contributed by atoms with Gasteiger partial charge in [0.2, 0.25) is 0 Å². The van der Waals surface area contributed by atoms with Gasteiger partial charge < -0.3 is 10.4 Å². The number of nitrogens with one attached hydrogen (secondary N) is 1. The Balaban J connectivity index is 1.53. The molecule has 0 radical (unpaired) electrons. The van der Waals surface area contributed by atoms with E-state index in [0.717, 1.165) is 15.6 Å². The summed E-state index contributed by atoms with van der Waals surface area (Å²) in [5.74, 6) is -1.56. The SMILES string of the molecule is CC(C)[C@H](C(=O)CO)N1Cc2cc(NC(=O)c3cccc(C(=O)c4ccccc4)c3)sc2S1(=O)=O. The Hall–Kier alpha value is -3.18. The van der Waals surface area contributed by atoms with Crippen molar-refractivity contribution in [1.29, 1.82) is 0 Å². The van der Waals surface area contributed by atoms with Crippen molar-refractivity contribution < 1.29 is 27.9 Å². The van der Waals surface area contributed by atoms with E-state index in [2.05, 4.69) is 5.32 Å². The van der Waals surface area contributed by atoms with Crippen LogP contribution in [0.4, 0.5) is 5.00 Å². The molecule has 1 aromatic heterocycles.